The summed E-state index contributed by atoms with van der Waals surface area (Å²) in [7, 11) is 1.59. The number of ether oxygens (including phenoxy) is 2. The number of hydrogen-bond acceptors (Lipinski definition) is 4. The fourth-order valence-corrected chi connectivity index (χ4v) is 1.97. The number of carbonyl (C=O) groups excluding carboxylic acids is 1. The Bertz CT molecular complexity index is 747. The smallest absolute Gasteiger partial charge is 0.344 e. The zero-order chi connectivity index (χ0) is 17.5. The van der Waals surface area contributed by atoms with Crippen LogP contribution in [0, 0.1) is 0 Å². The van der Waals surface area contributed by atoms with Crippen molar-refractivity contribution in [3.8, 4) is 11.5 Å². The van der Waals surface area contributed by atoms with Crippen LogP contribution in [0.25, 0.3) is 6.08 Å². The fourth-order valence-electron chi connectivity index (χ4n) is 1.97. The summed E-state index contributed by atoms with van der Waals surface area (Å²) >= 11 is 0. The number of carboxylic acid groups (broad SMARTS) is 1. The first-order valence-electron chi connectivity index (χ1n) is 7.35. The third-order valence-corrected chi connectivity index (χ3v) is 3.32. The van der Waals surface area contributed by atoms with Gasteiger partial charge in [0.2, 0.25) is 0 Å². The second-order valence-electron chi connectivity index (χ2n) is 5.10. The summed E-state index contributed by atoms with van der Waals surface area (Å²) in [5.74, 6) is -0.0797. The maximum absolute atomic E-state index is 12.2. The van der Waals surface area contributed by atoms with Crippen LogP contribution in [0.5, 0.6) is 11.5 Å². The molecule has 0 saturated carbocycles. The minimum Gasteiger partial charge on any atom is -0.497 e. The first kappa shape index (κ1) is 17.3. The SMILES string of the molecule is COc1cccc(/C=C/C(=O)c2ccc(OC(C)C(=O)O)cc2)c1. The molecule has 0 radical (unpaired) electrons. The van der Waals surface area contributed by atoms with Gasteiger partial charge in [-0.25, -0.2) is 4.79 Å². The molecule has 0 heterocycles. The Balaban J connectivity index is 2.04. The third-order valence-electron chi connectivity index (χ3n) is 3.32. The number of methoxy groups -OCH3 is 1. The van der Waals surface area contributed by atoms with Crippen LogP contribution in [0.1, 0.15) is 22.8 Å². The number of aliphatic carboxylic acids is 1. The molecule has 24 heavy (non-hydrogen) atoms. The van der Waals surface area contributed by atoms with Crippen molar-refractivity contribution in [2.75, 3.05) is 7.11 Å². The van der Waals surface area contributed by atoms with Gasteiger partial charge in [0.25, 0.3) is 0 Å². The van der Waals surface area contributed by atoms with Gasteiger partial charge in [0.05, 0.1) is 7.11 Å². The van der Waals surface area contributed by atoms with E-state index in [0.29, 0.717) is 11.3 Å². The Kier molecular flexibility index (Phi) is 5.73. The highest BCUT2D eigenvalue weighted by Gasteiger charge is 2.12. The molecule has 2 rings (SSSR count). The van der Waals surface area contributed by atoms with Crippen molar-refractivity contribution in [2.45, 2.75) is 13.0 Å². The van der Waals surface area contributed by atoms with Crippen molar-refractivity contribution in [3.63, 3.8) is 0 Å². The van der Waals surface area contributed by atoms with Crippen LogP contribution in [-0.4, -0.2) is 30.1 Å². The molecule has 5 nitrogen and oxygen atoms in total. The number of ketones is 1. The molecule has 5 heteroatoms. The van der Waals surface area contributed by atoms with Gasteiger partial charge in [-0.3, -0.25) is 4.79 Å². The first-order valence-corrected chi connectivity index (χ1v) is 7.35. The highest BCUT2D eigenvalue weighted by Crippen LogP contribution is 2.16. The van der Waals surface area contributed by atoms with E-state index in [2.05, 4.69) is 0 Å². The van der Waals surface area contributed by atoms with Crippen LogP contribution < -0.4 is 9.47 Å². The van der Waals surface area contributed by atoms with E-state index in [1.54, 1.807) is 37.5 Å². The average molecular weight is 326 g/mol. The Labute approximate surface area is 140 Å². The van der Waals surface area contributed by atoms with Crippen molar-refractivity contribution in [1.82, 2.24) is 0 Å². The molecule has 0 amide bonds. The number of rotatable bonds is 7. The van der Waals surface area contributed by atoms with Gasteiger partial charge >= 0.3 is 5.97 Å². The van der Waals surface area contributed by atoms with Crippen molar-refractivity contribution < 1.29 is 24.2 Å². The molecule has 0 aliphatic heterocycles. The summed E-state index contributed by atoms with van der Waals surface area (Å²) in [6.07, 6.45) is 2.24. The molecule has 1 unspecified atom stereocenters. The Morgan fingerprint density at radius 1 is 1.08 bits per heavy atom. The molecule has 1 atom stereocenters. The highest BCUT2D eigenvalue weighted by atomic mass is 16.5. The zero-order valence-corrected chi connectivity index (χ0v) is 13.4. The Morgan fingerprint density at radius 2 is 1.79 bits per heavy atom. The van der Waals surface area contributed by atoms with Crippen LogP contribution in [0.4, 0.5) is 0 Å². The molecule has 0 fully saturated rings. The van der Waals surface area contributed by atoms with Crippen LogP contribution in [-0.2, 0) is 4.79 Å². The molecule has 2 aromatic carbocycles. The van der Waals surface area contributed by atoms with Crippen LogP contribution in [0.15, 0.2) is 54.6 Å². The maximum atomic E-state index is 12.2. The molecule has 2 aromatic rings. The molecule has 0 aliphatic carbocycles. The van der Waals surface area contributed by atoms with Crippen LogP contribution in [0.2, 0.25) is 0 Å². The summed E-state index contributed by atoms with van der Waals surface area (Å²) in [6.45, 7) is 1.44. The fraction of sp³-hybridized carbons (Fsp3) is 0.158. The van der Waals surface area contributed by atoms with Crippen molar-refractivity contribution in [3.05, 3.63) is 65.7 Å². The molecule has 0 aliphatic rings. The average Bonchev–Trinajstić information content (AvgIpc) is 2.60. The van der Waals surface area contributed by atoms with E-state index in [9.17, 15) is 9.59 Å². The van der Waals surface area contributed by atoms with E-state index in [0.717, 1.165) is 11.3 Å². The van der Waals surface area contributed by atoms with E-state index < -0.39 is 12.1 Å². The largest absolute Gasteiger partial charge is 0.497 e. The second kappa shape index (κ2) is 7.97. The van der Waals surface area contributed by atoms with Gasteiger partial charge in [0, 0.05) is 5.56 Å². The third kappa shape index (κ3) is 4.71. The number of allylic oxidation sites excluding steroid dienone is 1. The normalized spacial score (nSPS) is 11.9. The lowest BCUT2D eigenvalue weighted by atomic mass is 10.1. The first-order chi connectivity index (χ1) is 11.5. The molecule has 0 spiro atoms. The molecule has 1 N–H and O–H groups in total. The molecule has 0 aromatic heterocycles. The zero-order valence-electron chi connectivity index (χ0n) is 13.4. The maximum Gasteiger partial charge on any atom is 0.344 e. The summed E-state index contributed by atoms with van der Waals surface area (Å²) in [4.78, 5) is 22.9. The van der Waals surface area contributed by atoms with E-state index in [-0.39, 0.29) is 5.78 Å². The number of benzene rings is 2. The second-order valence-corrected chi connectivity index (χ2v) is 5.10. The Morgan fingerprint density at radius 3 is 2.42 bits per heavy atom. The predicted molar refractivity (Wildman–Crippen MR) is 90.5 cm³/mol. The standard InChI is InChI=1S/C19H18O5/c1-13(19(21)22)24-16-9-7-15(8-10-16)18(20)11-6-14-4-3-5-17(12-14)23-2/h3-13H,1-2H3,(H,21,22)/b11-6+. The summed E-state index contributed by atoms with van der Waals surface area (Å²) in [6, 6.07) is 13.7. The van der Waals surface area contributed by atoms with E-state index >= 15 is 0 Å². The molecule has 0 bridgehead atoms. The molecular formula is C19H18O5. The lowest BCUT2D eigenvalue weighted by molar-refractivity contribution is -0.144. The lowest BCUT2D eigenvalue weighted by Gasteiger charge is -2.10. The van der Waals surface area contributed by atoms with Crippen molar-refractivity contribution in [1.29, 1.82) is 0 Å². The topological polar surface area (TPSA) is 72.8 Å². The summed E-state index contributed by atoms with van der Waals surface area (Å²) in [5, 5.41) is 8.80. The quantitative estimate of drug-likeness (QED) is 0.623. The van der Waals surface area contributed by atoms with E-state index in [1.165, 1.54) is 13.0 Å². The van der Waals surface area contributed by atoms with Crippen LogP contribution >= 0.6 is 0 Å². The van der Waals surface area contributed by atoms with E-state index in [4.69, 9.17) is 14.6 Å². The van der Waals surface area contributed by atoms with Crippen molar-refractivity contribution >= 4 is 17.8 Å². The molecular weight excluding hydrogens is 308 g/mol. The minimum absolute atomic E-state index is 0.157. The van der Waals surface area contributed by atoms with Gasteiger partial charge in [-0.2, -0.15) is 0 Å². The number of hydrogen-bond donors (Lipinski definition) is 1. The van der Waals surface area contributed by atoms with Gasteiger partial charge in [0.15, 0.2) is 11.9 Å². The minimum atomic E-state index is -1.05. The lowest BCUT2D eigenvalue weighted by Crippen LogP contribution is -2.22. The Hall–Kier alpha value is -3.08. The van der Waals surface area contributed by atoms with Gasteiger partial charge < -0.3 is 14.6 Å². The van der Waals surface area contributed by atoms with Gasteiger partial charge in [-0.15, -0.1) is 0 Å². The van der Waals surface area contributed by atoms with E-state index in [1.807, 2.05) is 24.3 Å². The van der Waals surface area contributed by atoms with Crippen LogP contribution in [0.3, 0.4) is 0 Å². The highest BCUT2D eigenvalue weighted by molar-refractivity contribution is 6.06. The predicted octanol–water partition coefficient (Wildman–Crippen LogP) is 3.44. The monoisotopic (exact) mass is 326 g/mol. The molecule has 0 saturated heterocycles. The number of carboxylic acids is 1. The molecule has 124 valence electrons. The summed E-state index contributed by atoms with van der Waals surface area (Å²) < 4.78 is 10.4. The van der Waals surface area contributed by atoms with Gasteiger partial charge in [-0.05, 0) is 55.0 Å². The number of carbonyl (C=O) groups is 2. The summed E-state index contributed by atoms with van der Waals surface area (Å²) in [5.41, 5.74) is 1.35. The van der Waals surface area contributed by atoms with Crippen molar-refractivity contribution in [2.24, 2.45) is 0 Å². The van der Waals surface area contributed by atoms with Gasteiger partial charge in [-0.1, -0.05) is 18.2 Å². The van der Waals surface area contributed by atoms with Gasteiger partial charge in [0.1, 0.15) is 11.5 Å².